The minimum Gasteiger partial charge on any atom is -0.357 e. The summed E-state index contributed by atoms with van der Waals surface area (Å²) in [5, 5.41) is 12.7. The first kappa shape index (κ1) is 9.45. The van der Waals surface area contributed by atoms with Crippen LogP contribution in [-0.2, 0) is 0 Å². The molecule has 2 nitrogen and oxygen atoms in total. The standard InChI is InChI=1S/C10H7ClN2S/c1-6-10(5-12)14-9-4-7(11)2-3-8(9)13-6/h2-4,13H,1H3. The molecule has 0 atom stereocenters. The van der Waals surface area contributed by atoms with Gasteiger partial charge in [0.05, 0.1) is 5.69 Å². The SMILES string of the molecule is CC1=C(C#N)Sc2cc(Cl)ccc2N1. The molecule has 0 radical (unpaired) electrons. The molecule has 0 saturated heterocycles. The third-order valence-electron chi connectivity index (χ3n) is 1.92. The monoisotopic (exact) mass is 222 g/mol. The Bertz CT molecular complexity index is 460. The molecule has 4 heteroatoms. The molecule has 70 valence electrons. The zero-order valence-corrected chi connectivity index (χ0v) is 9.04. The fraction of sp³-hybridized carbons (Fsp3) is 0.100. The maximum absolute atomic E-state index is 8.85. The number of allylic oxidation sites excluding steroid dienone is 2. The van der Waals surface area contributed by atoms with E-state index in [1.54, 1.807) is 0 Å². The van der Waals surface area contributed by atoms with Crippen molar-refractivity contribution in [3.05, 3.63) is 33.8 Å². The highest BCUT2D eigenvalue weighted by atomic mass is 35.5. The van der Waals surface area contributed by atoms with E-state index in [-0.39, 0.29) is 0 Å². The number of rotatable bonds is 0. The number of nitriles is 1. The molecule has 0 unspecified atom stereocenters. The number of nitrogens with zero attached hydrogens (tertiary/aromatic N) is 1. The van der Waals surface area contributed by atoms with Gasteiger partial charge < -0.3 is 5.32 Å². The van der Waals surface area contributed by atoms with E-state index in [1.807, 2.05) is 25.1 Å². The van der Waals surface area contributed by atoms with Crippen LogP contribution in [0.15, 0.2) is 33.7 Å². The zero-order chi connectivity index (χ0) is 10.1. The number of hydrogen-bond donors (Lipinski definition) is 1. The van der Waals surface area contributed by atoms with Gasteiger partial charge in [-0.05, 0) is 25.1 Å². The molecular weight excluding hydrogens is 216 g/mol. The molecule has 0 spiro atoms. The lowest BCUT2D eigenvalue weighted by Gasteiger charge is -2.18. The van der Waals surface area contributed by atoms with Crippen LogP contribution in [0, 0.1) is 11.3 Å². The molecule has 0 saturated carbocycles. The highest BCUT2D eigenvalue weighted by molar-refractivity contribution is 8.03. The van der Waals surface area contributed by atoms with Crippen molar-refractivity contribution >= 4 is 29.1 Å². The highest BCUT2D eigenvalue weighted by Crippen LogP contribution is 2.40. The number of fused-ring (bicyclic) bond motifs is 1. The molecule has 0 aromatic heterocycles. The van der Waals surface area contributed by atoms with Crippen LogP contribution in [0.1, 0.15) is 6.92 Å². The summed E-state index contributed by atoms with van der Waals surface area (Å²) in [6.07, 6.45) is 0. The number of nitrogens with one attached hydrogen (secondary N) is 1. The molecule has 1 N–H and O–H groups in total. The van der Waals surface area contributed by atoms with Gasteiger partial charge in [0.25, 0.3) is 0 Å². The maximum atomic E-state index is 8.85. The summed E-state index contributed by atoms with van der Waals surface area (Å²) < 4.78 is 0. The Balaban J connectivity index is 2.45. The lowest BCUT2D eigenvalue weighted by atomic mass is 10.3. The molecule has 0 fully saturated rings. The summed E-state index contributed by atoms with van der Waals surface area (Å²) in [6, 6.07) is 7.76. The van der Waals surface area contributed by atoms with Gasteiger partial charge in [-0.2, -0.15) is 5.26 Å². The Labute approximate surface area is 91.6 Å². The quantitative estimate of drug-likeness (QED) is 0.729. The van der Waals surface area contributed by atoms with Gasteiger partial charge in [0.2, 0.25) is 0 Å². The van der Waals surface area contributed by atoms with Crippen molar-refractivity contribution in [1.29, 1.82) is 5.26 Å². The van der Waals surface area contributed by atoms with E-state index >= 15 is 0 Å². The predicted octanol–water partition coefficient (Wildman–Crippen LogP) is 3.61. The summed E-state index contributed by atoms with van der Waals surface area (Å²) in [7, 11) is 0. The first-order valence-electron chi connectivity index (χ1n) is 4.06. The van der Waals surface area contributed by atoms with Crippen LogP contribution in [0.2, 0.25) is 5.02 Å². The summed E-state index contributed by atoms with van der Waals surface area (Å²) >= 11 is 7.31. The molecule has 2 rings (SSSR count). The topological polar surface area (TPSA) is 35.8 Å². The van der Waals surface area contributed by atoms with Crippen LogP contribution in [0.5, 0.6) is 0 Å². The maximum Gasteiger partial charge on any atom is 0.109 e. The molecule has 0 aliphatic carbocycles. The molecule has 1 aliphatic rings. The molecule has 0 bridgehead atoms. The Hall–Kier alpha value is -1.11. The predicted molar refractivity (Wildman–Crippen MR) is 59.2 cm³/mol. The summed E-state index contributed by atoms with van der Waals surface area (Å²) in [4.78, 5) is 1.69. The van der Waals surface area contributed by atoms with Crippen molar-refractivity contribution in [2.75, 3.05) is 5.32 Å². The van der Waals surface area contributed by atoms with Gasteiger partial charge >= 0.3 is 0 Å². The summed E-state index contributed by atoms with van der Waals surface area (Å²) in [5.74, 6) is 0. The fourth-order valence-corrected chi connectivity index (χ4v) is 2.36. The lowest BCUT2D eigenvalue weighted by molar-refractivity contribution is 1.29. The van der Waals surface area contributed by atoms with Crippen LogP contribution in [0.3, 0.4) is 0 Å². The minimum absolute atomic E-state index is 0.690. The Morgan fingerprint density at radius 1 is 1.50 bits per heavy atom. The van der Waals surface area contributed by atoms with Crippen LogP contribution in [0.4, 0.5) is 5.69 Å². The average Bonchev–Trinajstić information content (AvgIpc) is 2.17. The van der Waals surface area contributed by atoms with Crippen LogP contribution in [0.25, 0.3) is 0 Å². The Morgan fingerprint density at radius 2 is 2.29 bits per heavy atom. The number of thioether (sulfide) groups is 1. The third-order valence-corrected chi connectivity index (χ3v) is 3.31. The second kappa shape index (κ2) is 3.56. The first-order chi connectivity index (χ1) is 6.70. The van der Waals surface area contributed by atoms with Crippen LogP contribution in [-0.4, -0.2) is 0 Å². The fourth-order valence-electron chi connectivity index (χ4n) is 1.24. The molecule has 1 aromatic carbocycles. The first-order valence-corrected chi connectivity index (χ1v) is 5.25. The summed E-state index contributed by atoms with van der Waals surface area (Å²) in [5.41, 5.74) is 1.91. The largest absolute Gasteiger partial charge is 0.357 e. The van der Waals surface area contributed by atoms with Gasteiger partial charge in [-0.15, -0.1) is 0 Å². The molecule has 1 aromatic rings. The number of anilines is 1. The molecule has 14 heavy (non-hydrogen) atoms. The number of halogens is 1. The van der Waals surface area contributed by atoms with Crippen molar-refractivity contribution in [2.24, 2.45) is 0 Å². The molecule has 1 heterocycles. The van der Waals surface area contributed by atoms with E-state index in [0.29, 0.717) is 9.93 Å². The highest BCUT2D eigenvalue weighted by Gasteiger charge is 2.15. The van der Waals surface area contributed by atoms with E-state index in [0.717, 1.165) is 16.3 Å². The normalized spacial score (nSPS) is 14.4. The van der Waals surface area contributed by atoms with Crippen LogP contribution < -0.4 is 5.32 Å². The zero-order valence-electron chi connectivity index (χ0n) is 7.47. The Kier molecular flexibility index (Phi) is 2.40. The molecule has 1 aliphatic heterocycles. The van der Waals surface area contributed by atoms with E-state index < -0.39 is 0 Å². The van der Waals surface area contributed by atoms with Crippen molar-refractivity contribution in [3.8, 4) is 6.07 Å². The van der Waals surface area contributed by atoms with Crippen molar-refractivity contribution < 1.29 is 0 Å². The van der Waals surface area contributed by atoms with Gasteiger partial charge in [-0.25, -0.2) is 0 Å². The number of hydrogen-bond acceptors (Lipinski definition) is 3. The van der Waals surface area contributed by atoms with E-state index in [2.05, 4.69) is 11.4 Å². The van der Waals surface area contributed by atoms with Gasteiger partial charge in [-0.1, -0.05) is 23.4 Å². The summed E-state index contributed by atoms with van der Waals surface area (Å²) in [6.45, 7) is 1.89. The lowest BCUT2D eigenvalue weighted by Crippen LogP contribution is -2.03. The Morgan fingerprint density at radius 3 is 3.00 bits per heavy atom. The van der Waals surface area contributed by atoms with Gasteiger partial charge in [0, 0.05) is 15.6 Å². The van der Waals surface area contributed by atoms with Crippen LogP contribution >= 0.6 is 23.4 Å². The smallest absolute Gasteiger partial charge is 0.109 e. The van der Waals surface area contributed by atoms with Gasteiger partial charge in [-0.3, -0.25) is 0 Å². The minimum atomic E-state index is 0.690. The van der Waals surface area contributed by atoms with E-state index in [1.165, 1.54) is 11.8 Å². The van der Waals surface area contributed by atoms with Crippen molar-refractivity contribution in [3.63, 3.8) is 0 Å². The molecular formula is C10H7ClN2S. The van der Waals surface area contributed by atoms with Crippen molar-refractivity contribution in [1.82, 2.24) is 0 Å². The number of benzene rings is 1. The second-order valence-corrected chi connectivity index (χ2v) is 4.42. The van der Waals surface area contributed by atoms with Crippen molar-refractivity contribution in [2.45, 2.75) is 11.8 Å². The third kappa shape index (κ3) is 1.59. The van der Waals surface area contributed by atoms with E-state index in [4.69, 9.17) is 16.9 Å². The van der Waals surface area contributed by atoms with Gasteiger partial charge in [0.15, 0.2) is 0 Å². The second-order valence-electron chi connectivity index (χ2n) is 2.93. The molecule has 0 amide bonds. The van der Waals surface area contributed by atoms with E-state index in [9.17, 15) is 0 Å². The van der Waals surface area contributed by atoms with Gasteiger partial charge in [0.1, 0.15) is 11.0 Å². The average molecular weight is 223 g/mol.